The lowest BCUT2D eigenvalue weighted by molar-refractivity contribution is -0.118. The Morgan fingerprint density at radius 2 is 2.14 bits per heavy atom. The minimum atomic E-state index is -0.459. The van der Waals surface area contributed by atoms with E-state index in [-0.39, 0.29) is 22.4 Å². The number of carbonyl (C=O) groups excluding carboxylic acids is 1. The molecule has 0 aromatic heterocycles. The summed E-state index contributed by atoms with van der Waals surface area (Å²) in [6.07, 6.45) is 0. The Kier molecular flexibility index (Phi) is 3.87. The summed E-state index contributed by atoms with van der Waals surface area (Å²) in [4.78, 5) is 11.0. The van der Waals surface area contributed by atoms with Gasteiger partial charge in [-0.15, -0.1) is 0 Å². The molecule has 1 aliphatic heterocycles. The molecule has 1 aliphatic rings. The molecule has 1 atom stereocenters. The Hall–Kier alpha value is -1.59. The summed E-state index contributed by atoms with van der Waals surface area (Å²) < 4.78 is 19.4. The fourth-order valence-electron chi connectivity index (χ4n) is 2.15. The van der Waals surface area contributed by atoms with Gasteiger partial charge in [-0.2, -0.15) is 0 Å². The van der Waals surface area contributed by atoms with Crippen molar-refractivity contribution in [1.29, 1.82) is 0 Å². The van der Waals surface area contributed by atoms with Gasteiger partial charge in [0.05, 0.1) is 15.5 Å². The Balaban J connectivity index is 1.98. The number of rotatable bonds is 2. The van der Waals surface area contributed by atoms with Crippen LogP contribution in [-0.4, -0.2) is 12.5 Å². The van der Waals surface area contributed by atoms with E-state index in [1.54, 1.807) is 24.3 Å². The molecule has 0 bridgehead atoms. The van der Waals surface area contributed by atoms with Crippen LogP contribution in [-0.2, 0) is 4.79 Å². The summed E-state index contributed by atoms with van der Waals surface area (Å²) in [5.41, 5.74) is 1.81. The van der Waals surface area contributed by atoms with Gasteiger partial charge in [-0.05, 0) is 23.8 Å². The Bertz CT molecular complexity index is 723. The van der Waals surface area contributed by atoms with Crippen LogP contribution in [0.2, 0.25) is 5.02 Å². The van der Waals surface area contributed by atoms with Gasteiger partial charge in [-0.1, -0.05) is 45.7 Å². The Morgan fingerprint density at radius 3 is 2.95 bits per heavy atom. The Labute approximate surface area is 134 Å². The highest BCUT2D eigenvalue weighted by Gasteiger charge is 2.21. The maximum Gasteiger partial charge on any atom is 0.262 e. The van der Waals surface area contributed by atoms with Crippen LogP contribution in [0.5, 0.6) is 5.75 Å². The van der Waals surface area contributed by atoms with Crippen molar-refractivity contribution >= 4 is 39.1 Å². The van der Waals surface area contributed by atoms with Crippen molar-refractivity contribution in [2.45, 2.75) is 4.83 Å². The molecule has 1 amide bonds. The van der Waals surface area contributed by atoms with Gasteiger partial charge in [0.15, 0.2) is 6.61 Å². The van der Waals surface area contributed by atoms with Crippen LogP contribution in [0.25, 0.3) is 0 Å². The maximum absolute atomic E-state index is 14.1. The molecule has 21 heavy (non-hydrogen) atoms. The van der Waals surface area contributed by atoms with Crippen molar-refractivity contribution in [3.05, 3.63) is 58.4 Å². The zero-order chi connectivity index (χ0) is 15.0. The number of hydrogen-bond donors (Lipinski definition) is 1. The maximum atomic E-state index is 14.1. The average Bonchev–Trinajstić information content (AvgIpc) is 2.48. The third-order valence-electron chi connectivity index (χ3n) is 3.18. The molecule has 1 N–H and O–H groups in total. The van der Waals surface area contributed by atoms with Gasteiger partial charge in [-0.3, -0.25) is 4.79 Å². The van der Waals surface area contributed by atoms with Crippen LogP contribution in [0, 0.1) is 5.82 Å². The smallest absolute Gasteiger partial charge is 0.262 e. The number of benzene rings is 2. The van der Waals surface area contributed by atoms with E-state index in [9.17, 15) is 9.18 Å². The van der Waals surface area contributed by atoms with Crippen LogP contribution in [0.4, 0.5) is 10.1 Å². The number of ether oxygens (including phenoxy) is 1. The molecule has 1 unspecified atom stereocenters. The standard InChI is InChI=1S/C15H10BrClFNO2/c16-14(9-2-1-3-10(17)15(9)18)8-4-5-12-11(6-8)19-13(20)7-21-12/h1-6,14H,7H2,(H,19,20). The van der Waals surface area contributed by atoms with Crippen molar-refractivity contribution in [3.8, 4) is 5.75 Å². The van der Waals surface area contributed by atoms with E-state index < -0.39 is 5.82 Å². The monoisotopic (exact) mass is 369 g/mol. The van der Waals surface area contributed by atoms with Crippen molar-refractivity contribution in [2.24, 2.45) is 0 Å². The van der Waals surface area contributed by atoms with Crippen molar-refractivity contribution in [1.82, 2.24) is 0 Å². The molecule has 2 aromatic rings. The highest BCUT2D eigenvalue weighted by Crippen LogP contribution is 2.38. The molecule has 3 rings (SSSR count). The number of anilines is 1. The molecule has 0 aliphatic carbocycles. The molecular weight excluding hydrogens is 361 g/mol. The summed E-state index contributed by atoms with van der Waals surface area (Å²) in [6.45, 7) is 0.00695. The van der Waals surface area contributed by atoms with Gasteiger partial charge in [-0.25, -0.2) is 4.39 Å². The second kappa shape index (κ2) is 5.66. The van der Waals surface area contributed by atoms with E-state index in [1.807, 2.05) is 6.07 Å². The fraction of sp³-hybridized carbons (Fsp3) is 0.133. The lowest BCUT2D eigenvalue weighted by Gasteiger charge is -2.20. The van der Waals surface area contributed by atoms with Gasteiger partial charge >= 0.3 is 0 Å². The molecule has 108 valence electrons. The fourth-order valence-corrected chi connectivity index (χ4v) is 2.97. The summed E-state index contributed by atoms with van der Waals surface area (Å²) in [6, 6.07) is 10.2. The summed E-state index contributed by atoms with van der Waals surface area (Å²) in [5.74, 6) is -0.0663. The lowest BCUT2D eigenvalue weighted by atomic mass is 10.0. The minimum absolute atomic E-state index is 0.00695. The first-order valence-corrected chi connectivity index (χ1v) is 7.50. The predicted molar refractivity (Wildman–Crippen MR) is 82.7 cm³/mol. The molecule has 0 saturated heterocycles. The zero-order valence-electron chi connectivity index (χ0n) is 10.7. The number of halogens is 3. The van der Waals surface area contributed by atoms with E-state index in [4.69, 9.17) is 16.3 Å². The van der Waals surface area contributed by atoms with E-state index in [2.05, 4.69) is 21.2 Å². The normalized spacial score (nSPS) is 14.9. The molecule has 3 nitrogen and oxygen atoms in total. The number of amides is 1. The number of hydrogen-bond acceptors (Lipinski definition) is 2. The summed E-state index contributed by atoms with van der Waals surface area (Å²) in [5, 5.41) is 2.80. The van der Waals surface area contributed by atoms with Gasteiger partial charge in [0, 0.05) is 5.56 Å². The van der Waals surface area contributed by atoms with E-state index in [0.717, 1.165) is 5.56 Å². The van der Waals surface area contributed by atoms with E-state index in [1.165, 1.54) is 6.07 Å². The van der Waals surface area contributed by atoms with Crippen LogP contribution in [0.3, 0.4) is 0 Å². The predicted octanol–water partition coefficient (Wildman–Crippen LogP) is 4.29. The Morgan fingerprint density at radius 1 is 1.33 bits per heavy atom. The van der Waals surface area contributed by atoms with Gasteiger partial charge in [0.1, 0.15) is 11.6 Å². The largest absolute Gasteiger partial charge is 0.482 e. The van der Waals surface area contributed by atoms with E-state index >= 15 is 0 Å². The molecule has 2 aromatic carbocycles. The SMILES string of the molecule is O=C1COc2ccc(C(Br)c3cccc(Cl)c3F)cc2N1. The quantitative estimate of drug-likeness (QED) is 0.801. The highest BCUT2D eigenvalue weighted by atomic mass is 79.9. The first kappa shape index (κ1) is 14.4. The third-order valence-corrected chi connectivity index (χ3v) is 4.50. The number of fused-ring (bicyclic) bond motifs is 1. The number of nitrogens with one attached hydrogen (secondary N) is 1. The summed E-state index contributed by atoms with van der Waals surface area (Å²) >= 11 is 9.28. The lowest BCUT2D eigenvalue weighted by Crippen LogP contribution is -2.25. The zero-order valence-corrected chi connectivity index (χ0v) is 13.0. The number of alkyl halides is 1. The van der Waals surface area contributed by atoms with Crippen molar-refractivity contribution < 1.29 is 13.9 Å². The molecule has 6 heteroatoms. The van der Waals surface area contributed by atoms with Crippen molar-refractivity contribution in [3.63, 3.8) is 0 Å². The molecule has 0 fully saturated rings. The van der Waals surface area contributed by atoms with Crippen LogP contribution in [0.15, 0.2) is 36.4 Å². The summed E-state index contributed by atoms with van der Waals surface area (Å²) in [7, 11) is 0. The third kappa shape index (κ3) is 2.76. The topological polar surface area (TPSA) is 38.3 Å². The molecular formula is C15H10BrClFNO2. The van der Waals surface area contributed by atoms with Crippen molar-refractivity contribution in [2.75, 3.05) is 11.9 Å². The van der Waals surface area contributed by atoms with Gasteiger partial charge in [0.2, 0.25) is 0 Å². The van der Waals surface area contributed by atoms with Crippen LogP contribution < -0.4 is 10.1 Å². The molecule has 0 spiro atoms. The number of carbonyl (C=O) groups is 1. The average molecular weight is 371 g/mol. The second-order valence-corrected chi connectivity index (χ2v) is 5.92. The molecule has 1 heterocycles. The first-order chi connectivity index (χ1) is 10.1. The first-order valence-electron chi connectivity index (χ1n) is 6.21. The second-order valence-electron chi connectivity index (χ2n) is 4.60. The van der Waals surface area contributed by atoms with Crippen LogP contribution >= 0.6 is 27.5 Å². The van der Waals surface area contributed by atoms with E-state index in [0.29, 0.717) is 17.0 Å². The highest BCUT2D eigenvalue weighted by molar-refractivity contribution is 9.09. The molecule has 0 radical (unpaired) electrons. The van der Waals surface area contributed by atoms with Gasteiger partial charge in [0.25, 0.3) is 5.91 Å². The van der Waals surface area contributed by atoms with Crippen LogP contribution in [0.1, 0.15) is 16.0 Å². The minimum Gasteiger partial charge on any atom is -0.482 e. The van der Waals surface area contributed by atoms with Gasteiger partial charge < -0.3 is 10.1 Å². The molecule has 0 saturated carbocycles.